The van der Waals surface area contributed by atoms with Gasteiger partial charge in [0, 0.05) is 24.2 Å². The Hall–Kier alpha value is -3.40. The molecule has 3 aromatic rings. The molecule has 1 N–H and O–H groups in total. The fourth-order valence-corrected chi connectivity index (χ4v) is 3.59. The first-order valence-electron chi connectivity index (χ1n) is 9.48. The van der Waals surface area contributed by atoms with Crippen molar-refractivity contribution in [2.75, 3.05) is 7.05 Å². The maximum atomic E-state index is 12.9. The molecule has 31 heavy (non-hydrogen) atoms. The van der Waals surface area contributed by atoms with Gasteiger partial charge in [-0.05, 0) is 54.9 Å². The van der Waals surface area contributed by atoms with Crippen LogP contribution in [0.5, 0.6) is 5.75 Å². The molecule has 162 valence electrons. The Bertz CT molecular complexity index is 1110. The van der Waals surface area contributed by atoms with Crippen LogP contribution in [-0.2, 0) is 19.6 Å². The molecule has 0 aliphatic carbocycles. The number of carbonyl (C=O) groups excluding carboxylic acids is 1. The molecule has 1 amide bonds. The van der Waals surface area contributed by atoms with Gasteiger partial charge in [0.25, 0.3) is 5.91 Å². The van der Waals surface area contributed by atoms with Gasteiger partial charge < -0.3 is 19.4 Å². The largest absolute Gasteiger partial charge is 0.573 e. The second-order valence-corrected chi connectivity index (χ2v) is 7.21. The number of aryl methyl sites for hydroxylation is 1. The van der Waals surface area contributed by atoms with Crippen molar-refractivity contribution in [1.29, 1.82) is 0 Å². The monoisotopic (exact) mass is 432 g/mol. The van der Waals surface area contributed by atoms with Gasteiger partial charge in [0.05, 0.1) is 6.54 Å². The van der Waals surface area contributed by atoms with Crippen LogP contribution in [0.3, 0.4) is 0 Å². The van der Waals surface area contributed by atoms with E-state index in [0.717, 1.165) is 16.7 Å². The first-order chi connectivity index (χ1) is 14.7. The molecule has 0 saturated heterocycles. The zero-order valence-corrected chi connectivity index (χ0v) is 16.8. The van der Waals surface area contributed by atoms with Gasteiger partial charge in [0.15, 0.2) is 0 Å². The number of aromatic nitrogens is 2. The van der Waals surface area contributed by atoms with E-state index in [1.165, 1.54) is 24.3 Å². The lowest BCUT2D eigenvalue weighted by atomic mass is 10.0. The Kier molecular flexibility index (Phi) is 5.40. The Morgan fingerprint density at radius 2 is 1.94 bits per heavy atom. The van der Waals surface area contributed by atoms with Crippen LogP contribution in [0.15, 0.2) is 40.8 Å². The maximum absolute atomic E-state index is 12.9. The van der Waals surface area contributed by atoms with Gasteiger partial charge in [-0.2, -0.15) is 0 Å². The summed E-state index contributed by atoms with van der Waals surface area (Å²) >= 11 is 0. The zero-order chi connectivity index (χ0) is 22.2. The molecule has 2 heterocycles. The van der Waals surface area contributed by atoms with E-state index < -0.39 is 6.36 Å². The molecule has 2 aromatic carbocycles. The van der Waals surface area contributed by atoms with Crippen molar-refractivity contribution in [1.82, 2.24) is 20.4 Å². The number of rotatable bonds is 6. The fraction of sp³-hybridized carbons (Fsp3) is 0.286. The molecule has 0 spiro atoms. The molecule has 1 aliphatic heterocycles. The number of halogens is 3. The molecule has 0 saturated carbocycles. The third-order valence-electron chi connectivity index (χ3n) is 4.85. The smallest absolute Gasteiger partial charge is 0.419 e. The number of carbonyl (C=O) groups is 1. The van der Waals surface area contributed by atoms with Crippen molar-refractivity contribution >= 4 is 5.91 Å². The molecule has 0 fully saturated rings. The normalized spacial score (nSPS) is 13.6. The van der Waals surface area contributed by atoms with Crippen LogP contribution in [0.4, 0.5) is 13.2 Å². The number of nitrogens with one attached hydrogen (secondary N) is 1. The summed E-state index contributed by atoms with van der Waals surface area (Å²) in [7, 11) is 1.78. The SMILES string of the molecule is CNCc1nnc(-c2cc(C)c3c(c2)CN(Cc2ccc(OC(F)(F)F)cc2)C3=O)o1. The molecule has 7 nitrogen and oxygen atoms in total. The molecule has 10 heteroatoms. The van der Waals surface area contributed by atoms with Crippen LogP contribution < -0.4 is 10.1 Å². The van der Waals surface area contributed by atoms with E-state index >= 15 is 0 Å². The number of fused-ring (bicyclic) bond motifs is 1. The minimum atomic E-state index is -4.74. The van der Waals surface area contributed by atoms with Gasteiger partial charge >= 0.3 is 6.36 Å². The Morgan fingerprint density at radius 3 is 2.61 bits per heavy atom. The van der Waals surface area contributed by atoms with E-state index in [4.69, 9.17) is 4.42 Å². The lowest BCUT2D eigenvalue weighted by Crippen LogP contribution is -2.23. The molecule has 0 radical (unpaired) electrons. The molecule has 0 unspecified atom stereocenters. The quantitative estimate of drug-likeness (QED) is 0.638. The average molecular weight is 432 g/mol. The summed E-state index contributed by atoms with van der Waals surface area (Å²) in [5, 5.41) is 11.0. The summed E-state index contributed by atoms with van der Waals surface area (Å²) in [6, 6.07) is 9.18. The number of nitrogens with zero attached hydrogens (tertiary/aromatic N) is 3. The van der Waals surface area contributed by atoms with Crippen LogP contribution in [0.25, 0.3) is 11.5 Å². The van der Waals surface area contributed by atoms with Crippen LogP contribution in [0.2, 0.25) is 0 Å². The van der Waals surface area contributed by atoms with Crippen molar-refractivity contribution in [2.24, 2.45) is 0 Å². The van der Waals surface area contributed by atoms with Gasteiger partial charge in [-0.25, -0.2) is 0 Å². The minimum absolute atomic E-state index is 0.129. The maximum Gasteiger partial charge on any atom is 0.573 e. The first-order valence-corrected chi connectivity index (χ1v) is 9.48. The molecule has 0 atom stereocenters. The predicted molar refractivity (Wildman–Crippen MR) is 104 cm³/mol. The van der Waals surface area contributed by atoms with Crippen LogP contribution >= 0.6 is 0 Å². The second kappa shape index (κ2) is 8.03. The number of amides is 1. The average Bonchev–Trinajstić information content (AvgIpc) is 3.28. The second-order valence-electron chi connectivity index (χ2n) is 7.21. The number of alkyl halides is 3. The van der Waals surface area contributed by atoms with Crippen molar-refractivity contribution in [3.8, 4) is 17.2 Å². The number of benzene rings is 2. The Balaban J connectivity index is 1.51. The van der Waals surface area contributed by atoms with Crippen LogP contribution in [-0.4, -0.2) is 34.4 Å². The first kappa shape index (κ1) is 20.9. The zero-order valence-electron chi connectivity index (χ0n) is 16.8. The predicted octanol–water partition coefficient (Wildman–Crippen LogP) is 3.82. The summed E-state index contributed by atoms with van der Waals surface area (Å²) in [6.07, 6.45) is -4.74. The lowest BCUT2D eigenvalue weighted by molar-refractivity contribution is -0.274. The third-order valence-corrected chi connectivity index (χ3v) is 4.85. The Labute approximate surface area is 175 Å². The van der Waals surface area contributed by atoms with E-state index in [1.54, 1.807) is 11.9 Å². The van der Waals surface area contributed by atoms with Crippen molar-refractivity contribution in [3.05, 3.63) is 64.5 Å². The molecule has 4 rings (SSSR count). The van der Waals surface area contributed by atoms with Gasteiger partial charge in [-0.3, -0.25) is 4.79 Å². The van der Waals surface area contributed by atoms with Crippen molar-refractivity contribution in [3.63, 3.8) is 0 Å². The summed E-state index contributed by atoms with van der Waals surface area (Å²) in [5.74, 6) is 0.412. The van der Waals surface area contributed by atoms with Crippen LogP contribution in [0, 0.1) is 6.92 Å². The highest BCUT2D eigenvalue weighted by Gasteiger charge is 2.32. The van der Waals surface area contributed by atoms with Crippen LogP contribution in [0.1, 0.15) is 32.9 Å². The molecule has 1 aliphatic rings. The number of hydrogen-bond donors (Lipinski definition) is 1. The van der Waals surface area contributed by atoms with Gasteiger partial charge in [0.1, 0.15) is 5.75 Å². The summed E-state index contributed by atoms with van der Waals surface area (Å²) in [5.41, 5.74) is 3.68. The molecule has 0 bridgehead atoms. The topological polar surface area (TPSA) is 80.5 Å². The lowest BCUT2D eigenvalue weighted by Gasteiger charge is -2.16. The molecular formula is C21H19F3N4O3. The summed E-state index contributed by atoms with van der Waals surface area (Å²) < 4.78 is 46.5. The highest BCUT2D eigenvalue weighted by atomic mass is 19.4. The molecular weight excluding hydrogens is 413 g/mol. The highest BCUT2D eigenvalue weighted by molar-refractivity contribution is 6.00. The van der Waals surface area contributed by atoms with Crippen molar-refractivity contribution < 1.29 is 27.1 Å². The number of ether oxygens (including phenoxy) is 1. The van der Waals surface area contributed by atoms with Gasteiger partial charge in [-0.1, -0.05) is 12.1 Å². The fourth-order valence-electron chi connectivity index (χ4n) is 3.59. The summed E-state index contributed by atoms with van der Waals surface area (Å²) in [4.78, 5) is 14.5. The van der Waals surface area contributed by atoms with E-state index in [0.29, 0.717) is 36.0 Å². The number of hydrogen-bond acceptors (Lipinski definition) is 6. The standard InChI is InChI=1S/C21H19F3N4O3/c1-12-7-14(19-27-26-17(30-19)9-25-2)8-15-11-28(20(29)18(12)15)10-13-3-5-16(6-4-13)31-21(22,23)24/h3-8,25H,9-11H2,1-2H3. The Morgan fingerprint density at radius 1 is 1.19 bits per heavy atom. The highest BCUT2D eigenvalue weighted by Crippen LogP contribution is 2.32. The molecule has 1 aromatic heterocycles. The van der Waals surface area contributed by atoms with Gasteiger partial charge in [0.2, 0.25) is 11.8 Å². The van der Waals surface area contributed by atoms with Crippen molar-refractivity contribution in [2.45, 2.75) is 32.9 Å². The minimum Gasteiger partial charge on any atom is -0.419 e. The van der Waals surface area contributed by atoms with E-state index in [-0.39, 0.29) is 18.2 Å². The van der Waals surface area contributed by atoms with E-state index in [1.807, 2.05) is 19.1 Å². The van der Waals surface area contributed by atoms with E-state index in [9.17, 15) is 18.0 Å². The van der Waals surface area contributed by atoms with Gasteiger partial charge in [-0.15, -0.1) is 23.4 Å². The summed E-state index contributed by atoms with van der Waals surface area (Å²) in [6.45, 7) is 2.94. The third kappa shape index (κ3) is 4.53. The van der Waals surface area contributed by atoms with E-state index in [2.05, 4.69) is 20.3 Å².